The molecule has 0 spiro atoms. The lowest BCUT2D eigenvalue weighted by Gasteiger charge is -2.63. The molecule has 8 N–H and O–H groups in total. The third kappa shape index (κ3) is 20.3. The molecule has 16 aliphatic carbocycles. The Bertz CT molecular complexity index is 4250. The summed E-state index contributed by atoms with van der Waals surface area (Å²) in [5, 5.41) is 84.2. The van der Waals surface area contributed by atoms with Gasteiger partial charge in [-0.1, -0.05) is 27.7 Å². The van der Waals surface area contributed by atoms with E-state index in [2.05, 4.69) is 65.1 Å². The molecule has 20 aliphatic rings. The summed E-state index contributed by atoms with van der Waals surface area (Å²) in [6.45, 7) is 37.6. The van der Waals surface area contributed by atoms with Crippen molar-refractivity contribution in [2.45, 2.75) is 342 Å². The van der Waals surface area contributed by atoms with Gasteiger partial charge < -0.3 is 55.6 Å². The molecule has 0 radical (unpaired) electrons. The molecule has 0 aromatic carbocycles. The van der Waals surface area contributed by atoms with E-state index in [1.54, 1.807) is 20.1 Å². The second kappa shape index (κ2) is 41.2. The molecule has 23 nitrogen and oxygen atoms in total. The summed E-state index contributed by atoms with van der Waals surface area (Å²) in [5.41, 5.74) is -1.23. The van der Waals surface area contributed by atoms with E-state index in [1.807, 2.05) is 41.8 Å². The quantitative estimate of drug-likeness (QED) is 0.0525. The number of rotatable bonds is 20. The van der Waals surface area contributed by atoms with Gasteiger partial charge in [-0.25, -0.2) is 4.31 Å². The van der Waals surface area contributed by atoms with Crippen LogP contribution in [0.4, 0.5) is 0 Å². The van der Waals surface area contributed by atoms with Crippen LogP contribution in [0.1, 0.15) is 320 Å². The van der Waals surface area contributed by atoms with Crippen LogP contribution in [0.15, 0.2) is 0 Å². The number of hydrogen-bond donors (Lipinski definition) is 8. The molecule has 20 fully saturated rings. The Labute approximate surface area is 832 Å². The predicted octanol–water partition coefficient (Wildman–Crippen LogP) is 13.4. The Morgan fingerprint density at radius 1 is 0.304 bits per heavy atom. The average Bonchev–Trinajstić information content (AvgIpc) is 1.41. The van der Waals surface area contributed by atoms with Crippen molar-refractivity contribution in [3.05, 3.63) is 0 Å². The molecule has 20 rings (SSSR count). The van der Waals surface area contributed by atoms with Gasteiger partial charge in [0.25, 0.3) is 0 Å². The highest BCUT2D eigenvalue weighted by atomic mass is 32.2. The molecule has 4 heterocycles. The third-order valence-electron chi connectivity index (χ3n) is 46.8. The van der Waals surface area contributed by atoms with Crippen LogP contribution in [0.3, 0.4) is 0 Å². The normalized spacial score (nSPS) is 47.2. The number of hydrogen-bond acceptors (Lipinski definition) is 20. The van der Waals surface area contributed by atoms with Gasteiger partial charge in [-0.3, -0.25) is 52.6 Å². The molecule has 2 amide bonds. The lowest BCUT2D eigenvalue weighted by Crippen LogP contribution is -2.58. The highest BCUT2D eigenvalue weighted by molar-refractivity contribution is 7.97. The van der Waals surface area contributed by atoms with Gasteiger partial charge in [0.1, 0.15) is 23.1 Å². The first-order chi connectivity index (χ1) is 65.3. The molecule has 1 unspecified atom stereocenters. The van der Waals surface area contributed by atoms with E-state index in [1.165, 1.54) is 89.9 Å². The first kappa shape index (κ1) is 106. The number of aliphatic hydroxyl groups excluding tert-OH is 4. The number of fused-ring (bicyclic) bond motifs is 20. The summed E-state index contributed by atoms with van der Waals surface area (Å²) in [5.74, 6) is 16.2. The van der Waals surface area contributed by atoms with Gasteiger partial charge in [-0.05, 0) is 429 Å². The monoisotopic (exact) mass is 1950 g/mol. The Kier molecular flexibility index (Phi) is 31.8. The fraction of sp³-hybridized carbons (Fsp3) is 0.939. The summed E-state index contributed by atoms with van der Waals surface area (Å²) < 4.78 is 14.2. The minimum absolute atomic E-state index is 0.0273. The SMILES string of the molecule is C=S(C)(=O)N1CCN(CC(=O)[C@H]2CC[C@H]3[C@@H]4CC[C@H]5C[C@](C)(O)CC[C@]5(CO)[C@H]4CC[C@]23C)CC1.CC(=O)N1CCN(CC(=O)[C@H]2CC[C@H]3[C@@H]4CC[C@H]5C[C@](C)(O)CC[C@]5(CCO)[C@H]4CC[C@]23C)CC1.CC(=O)N1CCN(CC(=O)[C@H]2CC[C@H]3[C@@H]4CC[C@H]5C[C@](C)(O)CC[C@]5(CCO)[C@H]4CC[C@]23C)CC1.CN1CCN(CC(=O)[C@H]2CC[C@H]3[C@@H]4CC[C@H]5C[C@](C)(O)CC[C@]5(CCO)[C@H]4CC[C@]23C)CC1. The second-order valence-electron chi connectivity index (χ2n) is 53.8. The Balaban J connectivity index is 0.000000127. The number of ketones is 4. The van der Waals surface area contributed by atoms with Crippen LogP contribution in [0.2, 0.25) is 0 Å². The van der Waals surface area contributed by atoms with Gasteiger partial charge in [-0.15, -0.1) is 0 Å². The molecule has 138 heavy (non-hydrogen) atoms. The lowest BCUT2D eigenvalue weighted by molar-refractivity contribution is -0.171. The summed E-state index contributed by atoms with van der Waals surface area (Å²) in [4.78, 5) is 93.1. The Morgan fingerprint density at radius 3 is 0.790 bits per heavy atom. The first-order valence-corrected chi connectivity index (χ1v) is 59.0. The van der Waals surface area contributed by atoms with Gasteiger partial charge in [0.05, 0.1) is 48.6 Å². The number of carbonyl (C=O) groups excluding carboxylic acids is 6. The first-order valence-electron chi connectivity index (χ1n) is 56.9. The maximum absolute atomic E-state index is 13.6. The second-order valence-corrected chi connectivity index (χ2v) is 56.2. The van der Waals surface area contributed by atoms with Crippen LogP contribution >= 0.6 is 0 Å². The average molecular weight is 1950 g/mol. The third-order valence-corrected chi connectivity index (χ3v) is 48.3. The van der Waals surface area contributed by atoms with Gasteiger partial charge in [0.15, 0.2) is 0 Å². The number of piperazine rings is 4. The summed E-state index contributed by atoms with van der Waals surface area (Å²) in [6.07, 6.45) is 43.0. The van der Waals surface area contributed by atoms with Crippen molar-refractivity contribution in [2.75, 3.05) is 171 Å². The minimum Gasteiger partial charge on any atom is -0.396 e. The highest BCUT2D eigenvalue weighted by Crippen LogP contribution is 2.75. The predicted molar refractivity (Wildman–Crippen MR) is 543 cm³/mol. The zero-order valence-electron chi connectivity index (χ0n) is 88.2. The van der Waals surface area contributed by atoms with E-state index < -0.39 is 32.1 Å². The molecule has 0 bridgehead atoms. The number of aliphatic hydroxyl groups is 8. The van der Waals surface area contributed by atoms with Crippen molar-refractivity contribution >= 4 is 50.5 Å². The van der Waals surface area contributed by atoms with Crippen molar-refractivity contribution in [2.24, 2.45) is 162 Å². The number of Topliss-reactive ketones (excluding diaryl/α,β-unsaturated/α-hetero) is 4. The van der Waals surface area contributed by atoms with E-state index in [0.29, 0.717) is 144 Å². The number of amides is 2. The molecule has 24 heteroatoms. The van der Waals surface area contributed by atoms with E-state index in [-0.39, 0.29) is 105 Å². The van der Waals surface area contributed by atoms with E-state index in [0.717, 1.165) is 265 Å². The molecule has 0 aromatic rings. The van der Waals surface area contributed by atoms with Gasteiger partial charge in [0, 0.05) is 185 Å². The molecule has 4 aliphatic heterocycles. The van der Waals surface area contributed by atoms with Crippen LogP contribution in [-0.4, -0.2) is 318 Å². The van der Waals surface area contributed by atoms with Crippen molar-refractivity contribution in [3.63, 3.8) is 0 Å². The van der Waals surface area contributed by atoms with Crippen molar-refractivity contribution in [1.82, 2.24) is 38.6 Å². The number of carbonyl (C=O) groups is 6. The number of likely N-dealkylation sites (N-methyl/N-ethyl adjacent to an activating group) is 1. The maximum Gasteiger partial charge on any atom is 0.219 e. The number of nitrogens with zero attached hydrogens (tertiary/aromatic N) is 8. The molecular weight excluding hydrogens is 1750 g/mol. The zero-order valence-corrected chi connectivity index (χ0v) is 89.0. The van der Waals surface area contributed by atoms with Crippen molar-refractivity contribution in [3.8, 4) is 0 Å². The van der Waals surface area contributed by atoms with Gasteiger partial charge in [-0.2, -0.15) is 0 Å². The van der Waals surface area contributed by atoms with E-state index >= 15 is 0 Å². The van der Waals surface area contributed by atoms with Crippen LogP contribution in [0.5, 0.6) is 0 Å². The highest BCUT2D eigenvalue weighted by Gasteiger charge is 2.69. The van der Waals surface area contributed by atoms with Crippen LogP contribution < -0.4 is 0 Å². The summed E-state index contributed by atoms with van der Waals surface area (Å²) in [6, 6.07) is 0. The molecule has 16 saturated carbocycles. The Hall–Kier alpha value is -2.92. The molecule has 784 valence electrons. The maximum atomic E-state index is 13.6. The molecule has 4 saturated heterocycles. The fourth-order valence-electron chi connectivity index (χ4n) is 39.5. The van der Waals surface area contributed by atoms with Crippen LogP contribution in [0, 0.1) is 162 Å². The van der Waals surface area contributed by atoms with Crippen molar-refractivity contribution in [1.29, 1.82) is 0 Å². The van der Waals surface area contributed by atoms with Crippen LogP contribution in [-0.2, 0) is 38.5 Å². The summed E-state index contributed by atoms with van der Waals surface area (Å²) in [7, 11) is 0.00974. The van der Waals surface area contributed by atoms with E-state index in [4.69, 9.17) is 0 Å². The molecular formula is C114H192N8O15S. The lowest BCUT2D eigenvalue weighted by atomic mass is 9.42. The standard InChI is InChI=1S/2C29H48N2O4.C28H48N2O4S.C28H48N2O3/c2*1-20(33)31-15-13-30(14-16-31)19-26(34)25-7-6-23-22-5-4-21-18-27(2,35)10-11-29(21,12-17-32)24(22)8-9-28(23,25)3;1-26(33)11-12-28(19-31)20(17-26)5-6-21-22-7-8-24(27(22,2)10-9-23(21)28)25(32)18-29-13-15-30(16-14-29)35(3,4)34;1-26(33)10-11-28(12-17-31)20(18-26)4-5-21-22-6-7-24(27(22,2)9-8-23(21)28)25(32)19-30-15-13-29(3)14-16-30/h2*21-25,32,35H,4-19H2,1-3H3;20-24,31,33H,3,5-19H2,1-2,4H3;20-24,31,33H,4-19H2,1-3H3/t2*21-,22-,23-,24-,25+,27+,28-,29+;20-,21-,22-,23-,24+,26+,27-,28+,35?;20-,21-,22-,23-,24+,26+,27-,28+/m0000/s1. The van der Waals surface area contributed by atoms with Crippen LogP contribution in [0.25, 0.3) is 0 Å². The summed E-state index contributed by atoms with van der Waals surface area (Å²) >= 11 is 0. The fourth-order valence-corrected chi connectivity index (χ4v) is 40.5. The zero-order chi connectivity index (χ0) is 98.7. The Morgan fingerprint density at radius 2 is 0.543 bits per heavy atom. The van der Waals surface area contributed by atoms with Gasteiger partial charge in [0.2, 0.25) is 11.8 Å². The smallest absolute Gasteiger partial charge is 0.219 e. The molecule has 33 atom stereocenters. The van der Waals surface area contributed by atoms with Gasteiger partial charge >= 0.3 is 0 Å². The van der Waals surface area contributed by atoms with E-state index in [9.17, 15) is 73.8 Å². The topological polar surface area (TPSA) is 307 Å². The largest absolute Gasteiger partial charge is 0.396 e. The minimum atomic E-state index is -2.16. The van der Waals surface area contributed by atoms with Crippen molar-refractivity contribution < 1.29 is 73.8 Å². The molecule has 0 aromatic heterocycles.